The largest absolute Gasteiger partial charge is 0.355 e. The molecule has 3 rings (SSSR count). The molecule has 0 unspecified atom stereocenters. The molecule has 1 aromatic heterocycles. The molecule has 0 radical (unpaired) electrons. The van der Waals surface area contributed by atoms with Crippen molar-refractivity contribution >= 4 is 17.7 Å². The Morgan fingerprint density at radius 2 is 2.12 bits per heavy atom. The highest BCUT2D eigenvalue weighted by Crippen LogP contribution is 2.41. The number of hydrogen-bond acceptors (Lipinski definition) is 4. The highest BCUT2D eigenvalue weighted by atomic mass is 32.2. The summed E-state index contributed by atoms with van der Waals surface area (Å²) < 4.78 is 16.1. The quantitative estimate of drug-likeness (QED) is 0.544. The van der Waals surface area contributed by atoms with Gasteiger partial charge in [-0.05, 0) is 31.4 Å². The average molecular weight is 362 g/mol. The molecular formula is C18H23FN4OS. The highest BCUT2D eigenvalue weighted by molar-refractivity contribution is 7.99. The van der Waals surface area contributed by atoms with Crippen molar-refractivity contribution in [1.82, 2.24) is 20.1 Å². The predicted octanol–water partition coefficient (Wildman–Crippen LogP) is 3.82. The van der Waals surface area contributed by atoms with Crippen LogP contribution in [0, 0.1) is 5.82 Å². The molecule has 1 N–H and O–H groups in total. The second kappa shape index (κ2) is 8.47. The molecule has 5 nitrogen and oxygen atoms in total. The fraction of sp³-hybridized carbons (Fsp3) is 0.500. The topological polar surface area (TPSA) is 59.8 Å². The lowest BCUT2D eigenvalue weighted by Crippen LogP contribution is -2.26. The van der Waals surface area contributed by atoms with Crippen molar-refractivity contribution in [2.45, 2.75) is 50.2 Å². The van der Waals surface area contributed by atoms with E-state index in [1.807, 2.05) is 4.57 Å². The van der Waals surface area contributed by atoms with Gasteiger partial charge in [-0.2, -0.15) is 0 Å². The van der Waals surface area contributed by atoms with Crippen LogP contribution >= 0.6 is 11.8 Å². The molecule has 0 spiro atoms. The third kappa shape index (κ3) is 4.60. The Kier molecular flexibility index (Phi) is 6.07. The lowest BCUT2D eigenvalue weighted by molar-refractivity contribution is -0.118. The Balaban J connectivity index is 1.67. The highest BCUT2D eigenvalue weighted by Gasteiger charge is 2.31. The molecule has 2 aromatic rings. The number of rotatable bonds is 9. The predicted molar refractivity (Wildman–Crippen MR) is 96.9 cm³/mol. The van der Waals surface area contributed by atoms with E-state index in [-0.39, 0.29) is 11.7 Å². The number of carbonyl (C=O) groups is 1. The molecule has 0 bridgehead atoms. The molecule has 1 aliphatic rings. The number of nitrogens with zero attached hydrogens (tertiary/aromatic N) is 3. The maximum Gasteiger partial charge on any atom is 0.230 e. The molecule has 1 heterocycles. The molecule has 0 atom stereocenters. The van der Waals surface area contributed by atoms with Crippen molar-refractivity contribution in [3.05, 3.63) is 30.1 Å². The van der Waals surface area contributed by atoms with Gasteiger partial charge < -0.3 is 5.32 Å². The van der Waals surface area contributed by atoms with Crippen LogP contribution in [0.25, 0.3) is 11.4 Å². The maximum absolute atomic E-state index is 14.1. The van der Waals surface area contributed by atoms with E-state index in [0.717, 1.165) is 32.1 Å². The van der Waals surface area contributed by atoms with Crippen molar-refractivity contribution in [3.8, 4) is 11.4 Å². The van der Waals surface area contributed by atoms with Crippen molar-refractivity contribution in [3.63, 3.8) is 0 Å². The normalized spacial score (nSPS) is 13.8. The minimum atomic E-state index is -0.304. The molecule has 1 aromatic carbocycles. The lowest BCUT2D eigenvalue weighted by atomic mass is 10.2. The zero-order chi connectivity index (χ0) is 17.6. The van der Waals surface area contributed by atoms with Gasteiger partial charge in [-0.3, -0.25) is 9.36 Å². The molecule has 1 fully saturated rings. The van der Waals surface area contributed by atoms with Crippen LogP contribution in [-0.2, 0) is 4.79 Å². The summed E-state index contributed by atoms with van der Waals surface area (Å²) in [6.45, 7) is 2.85. The van der Waals surface area contributed by atoms with E-state index < -0.39 is 0 Å². The number of amides is 1. The number of nitrogens with one attached hydrogen (secondary N) is 1. The Labute approximate surface area is 151 Å². The number of unbranched alkanes of at least 4 members (excludes halogenated alkanes) is 2. The summed E-state index contributed by atoms with van der Waals surface area (Å²) in [6.07, 6.45) is 5.33. The minimum Gasteiger partial charge on any atom is -0.355 e. The van der Waals surface area contributed by atoms with E-state index in [0.29, 0.717) is 34.9 Å². The third-order valence-electron chi connectivity index (χ3n) is 4.13. The molecule has 134 valence electrons. The van der Waals surface area contributed by atoms with Crippen molar-refractivity contribution in [2.75, 3.05) is 12.3 Å². The number of hydrogen-bond donors (Lipinski definition) is 1. The van der Waals surface area contributed by atoms with Crippen molar-refractivity contribution < 1.29 is 9.18 Å². The first-order chi connectivity index (χ1) is 12.2. The summed E-state index contributed by atoms with van der Waals surface area (Å²) in [4.78, 5) is 12.0. The fourth-order valence-corrected chi connectivity index (χ4v) is 3.48. The van der Waals surface area contributed by atoms with Gasteiger partial charge in [0.1, 0.15) is 5.82 Å². The minimum absolute atomic E-state index is 0.00103. The first-order valence-electron chi connectivity index (χ1n) is 8.80. The zero-order valence-electron chi connectivity index (χ0n) is 14.4. The number of aromatic nitrogens is 3. The number of carbonyl (C=O) groups excluding carboxylic acids is 1. The van der Waals surface area contributed by atoms with Gasteiger partial charge in [-0.1, -0.05) is 43.7 Å². The summed E-state index contributed by atoms with van der Waals surface area (Å²) in [7, 11) is 0. The van der Waals surface area contributed by atoms with Crippen LogP contribution in [0.3, 0.4) is 0 Å². The maximum atomic E-state index is 14.1. The SMILES string of the molecule is CCCCCNC(=O)CSc1nnc(-c2ccccc2F)n1C1CC1. The van der Waals surface area contributed by atoms with Crippen LogP contribution in [0.5, 0.6) is 0 Å². The van der Waals surface area contributed by atoms with Crippen LogP contribution in [0.1, 0.15) is 45.1 Å². The van der Waals surface area contributed by atoms with E-state index in [4.69, 9.17) is 0 Å². The van der Waals surface area contributed by atoms with Crippen molar-refractivity contribution in [2.24, 2.45) is 0 Å². The number of halogens is 1. The second-order valence-corrected chi connectivity index (χ2v) is 7.18. The molecule has 1 amide bonds. The molecule has 0 saturated heterocycles. The van der Waals surface area contributed by atoms with Crippen LogP contribution in [0.2, 0.25) is 0 Å². The van der Waals surface area contributed by atoms with Crippen LogP contribution in [-0.4, -0.2) is 33.0 Å². The average Bonchev–Trinajstić information content (AvgIpc) is 3.37. The van der Waals surface area contributed by atoms with Gasteiger partial charge in [0, 0.05) is 12.6 Å². The molecular weight excluding hydrogens is 339 g/mol. The second-order valence-electron chi connectivity index (χ2n) is 6.23. The summed E-state index contributed by atoms with van der Waals surface area (Å²) in [5.41, 5.74) is 0.456. The van der Waals surface area contributed by atoms with Gasteiger partial charge in [0.05, 0.1) is 11.3 Å². The van der Waals surface area contributed by atoms with Crippen LogP contribution in [0.15, 0.2) is 29.4 Å². The lowest BCUT2D eigenvalue weighted by Gasteiger charge is -2.09. The van der Waals surface area contributed by atoms with Crippen molar-refractivity contribution in [1.29, 1.82) is 0 Å². The number of benzene rings is 1. The summed E-state index contributed by atoms with van der Waals surface area (Å²) in [6, 6.07) is 6.90. The third-order valence-corrected chi connectivity index (χ3v) is 5.07. The van der Waals surface area contributed by atoms with Gasteiger partial charge >= 0.3 is 0 Å². The first kappa shape index (κ1) is 17.9. The molecule has 1 saturated carbocycles. The van der Waals surface area contributed by atoms with E-state index in [9.17, 15) is 9.18 Å². The van der Waals surface area contributed by atoms with E-state index >= 15 is 0 Å². The molecule has 25 heavy (non-hydrogen) atoms. The first-order valence-corrected chi connectivity index (χ1v) is 9.78. The van der Waals surface area contributed by atoms with Gasteiger partial charge in [0.25, 0.3) is 0 Å². The van der Waals surface area contributed by atoms with E-state index in [2.05, 4.69) is 22.4 Å². The van der Waals surface area contributed by atoms with Crippen LogP contribution < -0.4 is 5.32 Å². The fourth-order valence-electron chi connectivity index (χ4n) is 2.65. The Morgan fingerprint density at radius 3 is 2.84 bits per heavy atom. The summed E-state index contributed by atoms with van der Waals surface area (Å²) in [5, 5.41) is 12.0. The molecule has 7 heteroatoms. The monoisotopic (exact) mass is 362 g/mol. The zero-order valence-corrected chi connectivity index (χ0v) is 15.2. The Hall–Kier alpha value is -1.89. The summed E-state index contributed by atoms with van der Waals surface area (Å²) in [5.74, 6) is 0.543. The van der Waals surface area contributed by atoms with Gasteiger partial charge in [0.15, 0.2) is 11.0 Å². The van der Waals surface area contributed by atoms with Gasteiger partial charge in [-0.15, -0.1) is 10.2 Å². The molecule has 0 aliphatic heterocycles. The molecule has 1 aliphatic carbocycles. The van der Waals surface area contributed by atoms with Gasteiger partial charge in [-0.25, -0.2) is 4.39 Å². The van der Waals surface area contributed by atoms with Gasteiger partial charge in [0.2, 0.25) is 5.91 Å². The smallest absolute Gasteiger partial charge is 0.230 e. The van der Waals surface area contributed by atoms with Crippen LogP contribution in [0.4, 0.5) is 4.39 Å². The van der Waals surface area contributed by atoms with E-state index in [1.54, 1.807) is 18.2 Å². The number of thioether (sulfide) groups is 1. The summed E-state index contributed by atoms with van der Waals surface area (Å²) >= 11 is 1.36. The standard InChI is InChI=1S/C18H23FN4OS/c1-2-3-6-11-20-16(24)12-25-18-22-21-17(23(18)13-9-10-13)14-7-4-5-8-15(14)19/h4-5,7-8,13H,2-3,6,9-12H2,1H3,(H,20,24). The Morgan fingerprint density at radius 1 is 1.32 bits per heavy atom. The van der Waals surface area contributed by atoms with E-state index in [1.165, 1.54) is 17.8 Å². The Bertz CT molecular complexity index is 730.